The molecule has 1 saturated carbocycles. The predicted octanol–water partition coefficient (Wildman–Crippen LogP) is 2.88. The Balaban J connectivity index is 2.20. The van der Waals surface area contributed by atoms with Crippen molar-refractivity contribution in [1.29, 1.82) is 0 Å². The minimum absolute atomic E-state index is 0.749. The van der Waals surface area contributed by atoms with Gasteiger partial charge >= 0.3 is 0 Å². The molecule has 0 aliphatic heterocycles. The molecule has 2 N–H and O–H groups in total. The van der Waals surface area contributed by atoms with Crippen LogP contribution < -0.4 is 5.73 Å². The van der Waals surface area contributed by atoms with E-state index >= 15 is 0 Å². The second-order valence-electron chi connectivity index (χ2n) is 3.43. The number of rotatable bonds is 2. The first-order chi connectivity index (χ1) is 5.74. The Morgan fingerprint density at radius 2 is 2.50 bits per heavy atom. The molecule has 1 nitrogen and oxygen atoms in total. The molecule has 0 amide bonds. The molecule has 66 valence electrons. The van der Waals surface area contributed by atoms with Crippen LogP contribution in [0.5, 0.6) is 0 Å². The molecular formula is C9H12BrNS. The standard InChI is InChI=1S/C9H12BrNS/c1-5-4-12-9(8(5)10)7-2-6(7)3-11/h4,6-7H,2-3,11H2,1H3. The second kappa shape index (κ2) is 3.13. The summed E-state index contributed by atoms with van der Waals surface area (Å²) in [7, 11) is 0. The Morgan fingerprint density at radius 1 is 1.75 bits per heavy atom. The van der Waals surface area contributed by atoms with E-state index in [2.05, 4.69) is 28.2 Å². The third-order valence-corrected chi connectivity index (χ3v) is 5.03. The van der Waals surface area contributed by atoms with Gasteiger partial charge in [-0.05, 0) is 58.6 Å². The van der Waals surface area contributed by atoms with Crippen LogP contribution in [-0.2, 0) is 0 Å². The van der Waals surface area contributed by atoms with Crippen LogP contribution in [0.25, 0.3) is 0 Å². The first-order valence-corrected chi connectivity index (χ1v) is 5.85. The number of hydrogen-bond acceptors (Lipinski definition) is 2. The molecule has 2 unspecified atom stereocenters. The topological polar surface area (TPSA) is 26.0 Å². The van der Waals surface area contributed by atoms with Crippen molar-refractivity contribution in [3.63, 3.8) is 0 Å². The summed E-state index contributed by atoms with van der Waals surface area (Å²) in [6.45, 7) is 2.98. The number of nitrogens with two attached hydrogens (primary N) is 1. The molecule has 0 radical (unpaired) electrons. The third-order valence-electron chi connectivity index (χ3n) is 2.49. The van der Waals surface area contributed by atoms with E-state index in [0.717, 1.165) is 18.4 Å². The fourth-order valence-corrected chi connectivity index (χ4v) is 3.52. The lowest BCUT2D eigenvalue weighted by atomic mass is 10.2. The van der Waals surface area contributed by atoms with E-state index < -0.39 is 0 Å². The summed E-state index contributed by atoms with van der Waals surface area (Å²) >= 11 is 5.48. The monoisotopic (exact) mass is 245 g/mol. The van der Waals surface area contributed by atoms with E-state index in [0.29, 0.717) is 0 Å². The number of hydrogen-bond donors (Lipinski definition) is 1. The molecule has 3 heteroatoms. The van der Waals surface area contributed by atoms with E-state index in [4.69, 9.17) is 5.73 Å². The quantitative estimate of drug-likeness (QED) is 0.853. The summed E-state index contributed by atoms with van der Waals surface area (Å²) in [5.41, 5.74) is 6.97. The highest BCUT2D eigenvalue weighted by Gasteiger charge is 2.39. The van der Waals surface area contributed by atoms with Gasteiger partial charge in [-0.25, -0.2) is 0 Å². The SMILES string of the molecule is Cc1csc(C2CC2CN)c1Br. The fraction of sp³-hybridized carbons (Fsp3) is 0.556. The molecule has 2 rings (SSSR count). The van der Waals surface area contributed by atoms with Crippen LogP contribution in [0.3, 0.4) is 0 Å². The van der Waals surface area contributed by atoms with Crippen LogP contribution in [0.2, 0.25) is 0 Å². The van der Waals surface area contributed by atoms with Gasteiger partial charge in [0.05, 0.1) is 0 Å². The average Bonchev–Trinajstić information content (AvgIpc) is 2.77. The summed E-state index contributed by atoms with van der Waals surface area (Å²) < 4.78 is 1.31. The molecule has 1 aromatic heterocycles. The van der Waals surface area contributed by atoms with Crippen molar-refractivity contribution in [1.82, 2.24) is 0 Å². The Hall–Kier alpha value is 0.140. The van der Waals surface area contributed by atoms with E-state index in [-0.39, 0.29) is 0 Å². The van der Waals surface area contributed by atoms with Crippen molar-refractivity contribution in [2.45, 2.75) is 19.3 Å². The zero-order valence-electron chi connectivity index (χ0n) is 7.01. The minimum atomic E-state index is 0.749. The van der Waals surface area contributed by atoms with Gasteiger partial charge in [0.25, 0.3) is 0 Å². The van der Waals surface area contributed by atoms with Gasteiger partial charge in [-0.2, -0.15) is 0 Å². The molecule has 1 aliphatic rings. The summed E-state index contributed by atoms with van der Waals surface area (Å²) in [5.74, 6) is 1.50. The van der Waals surface area contributed by atoms with E-state index in [1.54, 1.807) is 0 Å². The molecule has 0 saturated heterocycles. The van der Waals surface area contributed by atoms with Gasteiger partial charge in [0.2, 0.25) is 0 Å². The lowest BCUT2D eigenvalue weighted by Crippen LogP contribution is -2.01. The lowest BCUT2D eigenvalue weighted by Gasteiger charge is -1.95. The minimum Gasteiger partial charge on any atom is -0.330 e. The zero-order valence-corrected chi connectivity index (χ0v) is 9.41. The van der Waals surface area contributed by atoms with Crippen molar-refractivity contribution in [3.8, 4) is 0 Å². The van der Waals surface area contributed by atoms with Crippen molar-refractivity contribution in [2.24, 2.45) is 11.7 Å². The average molecular weight is 246 g/mol. The molecule has 0 aromatic carbocycles. The molecule has 1 heterocycles. The van der Waals surface area contributed by atoms with Crippen molar-refractivity contribution < 1.29 is 0 Å². The predicted molar refractivity (Wildman–Crippen MR) is 56.7 cm³/mol. The Morgan fingerprint density at radius 3 is 2.92 bits per heavy atom. The molecule has 12 heavy (non-hydrogen) atoms. The normalized spacial score (nSPS) is 27.6. The van der Waals surface area contributed by atoms with E-state index in [1.807, 2.05) is 11.3 Å². The highest BCUT2D eigenvalue weighted by atomic mass is 79.9. The second-order valence-corrected chi connectivity index (χ2v) is 5.14. The van der Waals surface area contributed by atoms with Gasteiger partial charge in [0.1, 0.15) is 0 Å². The number of halogens is 1. The van der Waals surface area contributed by atoms with Crippen LogP contribution in [0, 0.1) is 12.8 Å². The molecule has 1 aliphatic carbocycles. The molecule has 1 aromatic rings. The summed E-state index contributed by atoms with van der Waals surface area (Å²) in [5, 5.41) is 2.21. The largest absolute Gasteiger partial charge is 0.330 e. The molecule has 0 spiro atoms. The van der Waals surface area contributed by atoms with Crippen LogP contribution in [0.15, 0.2) is 9.85 Å². The first kappa shape index (κ1) is 8.73. The maximum absolute atomic E-state index is 5.61. The van der Waals surface area contributed by atoms with E-state index in [1.165, 1.54) is 21.3 Å². The van der Waals surface area contributed by atoms with Gasteiger partial charge in [-0.15, -0.1) is 11.3 Å². The maximum Gasteiger partial charge on any atom is 0.0346 e. The van der Waals surface area contributed by atoms with Crippen molar-refractivity contribution >= 4 is 27.3 Å². The van der Waals surface area contributed by atoms with Gasteiger partial charge in [0, 0.05) is 9.35 Å². The number of aryl methyl sites for hydroxylation is 1. The Bertz CT molecular complexity index is 295. The van der Waals surface area contributed by atoms with Crippen LogP contribution in [0.4, 0.5) is 0 Å². The third kappa shape index (κ3) is 1.34. The Kier molecular flexibility index (Phi) is 2.27. The molecule has 0 bridgehead atoms. The maximum atomic E-state index is 5.61. The van der Waals surface area contributed by atoms with Crippen LogP contribution in [-0.4, -0.2) is 6.54 Å². The van der Waals surface area contributed by atoms with Crippen LogP contribution in [0.1, 0.15) is 22.8 Å². The highest BCUT2D eigenvalue weighted by molar-refractivity contribution is 9.10. The van der Waals surface area contributed by atoms with Crippen LogP contribution >= 0.6 is 27.3 Å². The van der Waals surface area contributed by atoms with Gasteiger partial charge in [-0.1, -0.05) is 0 Å². The smallest absolute Gasteiger partial charge is 0.0346 e. The van der Waals surface area contributed by atoms with Crippen molar-refractivity contribution in [2.75, 3.05) is 6.54 Å². The van der Waals surface area contributed by atoms with E-state index in [9.17, 15) is 0 Å². The molecule has 2 atom stereocenters. The highest BCUT2D eigenvalue weighted by Crippen LogP contribution is 2.51. The summed E-state index contributed by atoms with van der Waals surface area (Å²) in [4.78, 5) is 1.50. The first-order valence-electron chi connectivity index (χ1n) is 4.17. The lowest BCUT2D eigenvalue weighted by molar-refractivity contribution is 0.814. The Labute approximate surface area is 85.1 Å². The van der Waals surface area contributed by atoms with Crippen molar-refractivity contribution in [3.05, 3.63) is 20.3 Å². The molecular weight excluding hydrogens is 234 g/mol. The van der Waals surface area contributed by atoms with Gasteiger partial charge < -0.3 is 5.73 Å². The van der Waals surface area contributed by atoms with Gasteiger partial charge in [-0.3, -0.25) is 0 Å². The summed E-state index contributed by atoms with van der Waals surface area (Å²) in [6.07, 6.45) is 1.29. The summed E-state index contributed by atoms with van der Waals surface area (Å²) in [6, 6.07) is 0. The fourth-order valence-electron chi connectivity index (χ4n) is 1.53. The zero-order chi connectivity index (χ0) is 8.72. The molecule has 1 fully saturated rings. The van der Waals surface area contributed by atoms with Gasteiger partial charge in [0.15, 0.2) is 0 Å². The number of thiophene rings is 1.